The number of methoxy groups -OCH3 is 1. The fourth-order valence-corrected chi connectivity index (χ4v) is 4.22. The van der Waals surface area contributed by atoms with E-state index in [1.807, 2.05) is 18.3 Å². The van der Waals surface area contributed by atoms with Crippen molar-refractivity contribution >= 4 is 16.8 Å². The van der Waals surface area contributed by atoms with Gasteiger partial charge in [-0.3, -0.25) is 4.79 Å². The summed E-state index contributed by atoms with van der Waals surface area (Å²) in [5.74, 6) is 1.04. The first kappa shape index (κ1) is 25.3. The number of carbonyl (C=O) groups is 1. The minimum Gasteiger partial charge on any atom is -0.497 e. The number of rotatable bonds is 18. The zero-order valence-corrected chi connectivity index (χ0v) is 19.9. The van der Waals surface area contributed by atoms with Crippen LogP contribution in [0, 0.1) is 0 Å². The highest BCUT2D eigenvalue weighted by Crippen LogP contribution is 2.23. The van der Waals surface area contributed by atoms with Gasteiger partial charge in [-0.15, -0.1) is 0 Å². The number of aromatic nitrogens is 1. The van der Waals surface area contributed by atoms with Gasteiger partial charge >= 0.3 is 0 Å². The number of benzene rings is 1. The van der Waals surface area contributed by atoms with E-state index in [4.69, 9.17) is 4.74 Å². The second kappa shape index (κ2) is 15.8. The predicted octanol–water partition coefficient (Wildman–Crippen LogP) is 7.32. The van der Waals surface area contributed by atoms with Gasteiger partial charge in [-0.25, -0.2) is 0 Å². The summed E-state index contributed by atoms with van der Waals surface area (Å²) in [4.78, 5) is 15.4. The maximum Gasteiger partial charge on any atom is 0.220 e. The van der Waals surface area contributed by atoms with Gasteiger partial charge in [0, 0.05) is 30.1 Å². The smallest absolute Gasteiger partial charge is 0.220 e. The van der Waals surface area contributed by atoms with E-state index in [-0.39, 0.29) is 5.91 Å². The van der Waals surface area contributed by atoms with Gasteiger partial charge in [-0.2, -0.15) is 0 Å². The lowest BCUT2D eigenvalue weighted by Crippen LogP contribution is -2.25. The predicted molar refractivity (Wildman–Crippen MR) is 132 cm³/mol. The highest BCUT2D eigenvalue weighted by Gasteiger charge is 2.06. The van der Waals surface area contributed by atoms with Crippen molar-refractivity contribution in [2.24, 2.45) is 0 Å². The van der Waals surface area contributed by atoms with Crippen LogP contribution in [-0.4, -0.2) is 24.5 Å². The molecule has 0 aliphatic carbocycles. The molecule has 1 amide bonds. The van der Waals surface area contributed by atoms with Crippen molar-refractivity contribution in [3.8, 4) is 5.75 Å². The van der Waals surface area contributed by atoms with Gasteiger partial charge in [-0.05, 0) is 36.6 Å². The van der Waals surface area contributed by atoms with Gasteiger partial charge in [0.05, 0.1) is 7.11 Å². The van der Waals surface area contributed by atoms with E-state index in [0.717, 1.165) is 24.1 Å². The van der Waals surface area contributed by atoms with Gasteiger partial charge in [0.25, 0.3) is 0 Å². The number of nitrogens with one attached hydrogen (secondary N) is 2. The van der Waals surface area contributed by atoms with Crippen molar-refractivity contribution in [3.05, 3.63) is 30.0 Å². The maximum atomic E-state index is 12.1. The third-order valence-electron chi connectivity index (χ3n) is 6.20. The van der Waals surface area contributed by atoms with Crippen molar-refractivity contribution in [1.82, 2.24) is 10.3 Å². The first-order valence-electron chi connectivity index (χ1n) is 12.6. The molecule has 0 radical (unpaired) electrons. The number of fused-ring (bicyclic) bond motifs is 1. The molecule has 4 heteroatoms. The zero-order chi connectivity index (χ0) is 22.2. The molecule has 0 unspecified atom stereocenters. The molecular formula is C27H44N2O2. The van der Waals surface area contributed by atoms with Gasteiger partial charge < -0.3 is 15.0 Å². The molecule has 0 aliphatic rings. The lowest BCUT2D eigenvalue weighted by atomic mass is 10.0. The zero-order valence-electron chi connectivity index (χ0n) is 19.9. The highest BCUT2D eigenvalue weighted by molar-refractivity contribution is 5.84. The molecular weight excluding hydrogens is 384 g/mol. The van der Waals surface area contributed by atoms with Crippen LogP contribution in [0.4, 0.5) is 0 Å². The molecule has 0 saturated heterocycles. The Kier molecular flexibility index (Phi) is 12.9. The summed E-state index contributed by atoms with van der Waals surface area (Å²) in [6.07, 6.45) is 20.8. The number of H-pyrrole nitrogens is 1. The molecule has 0 saturated carbocycles. The monoisotopic (exact) mass is 428 g/mol. The Morgan fingerprint density at radius 3 is 2.13 bits per heavy atom. The number of amides is 1. The van der Waals surface area contributed by atoms with E-state index in [2.05, 4.69) is 23.3 Å². The largest absolute Gasteiger partial charge is 0.497 e. The van der Waals surface area contributed by atoms with E-state index >= 15 is 0 Å². The summed E-state index contributed by atoms with van der Waals surface area (Å²) in [5, 5.41) is 4.24. The van der Waals surface area contributed by atoms with Crippen LogP contribution < -0.4 is 10.1 Å². The van der Waals surface area contributed by atoms with Crippen molar-refractivity contribution in [2.75, 3.05) is 13.7 Å². The summed E-state index contributed by atoms with van der Waals surface area (Å²) in [5.41, 5.74) is 2.32. The summed E-state index contributed by atoms with van der Waals surface area (Å²) >= 11 is 0. The van der Waals surface area contributed by atoms with E-state index in [1.165, 1.54) is 88.0 Å². The lowest BCUT2D eigenvalue weighted by Gasteiger charge is -2.06. The van der Waals surface area contributed by atoms with E-state index in [0.29, 0.717) is 13.0 Å². The molecule has 0 aliphatic heterocycles. The first-order valence-corrected chi connectivity index (χ1v) is 12.6. The Labute approximate surface area is 189 Å². The van der Waals surface area contributed by atoms with Crippen LogP contribution in [0.3, 0.4) is 0 Å². The molecule has 1 aromatic heterocycles. The number of hydrogen-bond acceptors (Lipinski definition) is 2. The van der Waals surface area contributed by atoms with Gasteiger partial charge in [0.15, 0.2) is 0 Å². The second-order valence-electron chi connectivity index (χ2n) is 8.82. The molecule has 2 aromatic rings. The molecule has 31 heavy (non-hydrogen) atoms. The Morgan fingerprint density at radius 1 is 0.903 bits per heavy atom. The molecule has 0 atom stereocenters. The summed E-state index contributed by atoms with van der Waals surface area (Å²) in [7, 11) is 1.68. The van der Waals surface area contributed by atoms with Crippen LogP contribution in [0.15, 0.2) is 24.4 Å². The standard InChI is InChI=1S/C27H44N2O2/c1-3-4-5-6-7-8-9-10-11-12-13-14-15-16-27(30)28-20-19-23-22-29-26-18-17-24(31-2)21-25(23)26/h17-18,21-22,29H,3-16,19-20H2,1-2H3,(H,28,30). The summed E-state index contributed by atoms with van der Waals surface area (Å²) < 4.78 is 5.32. The van der Waals surface area contributed by atoms with Crippen LogP contribution in [0.25, 0.3) is 10.9 Å². The van der Waals surface area contributed by atoms with Crippen molar-refractivity contribution in [1.29, 1.82) is 0 Å². The molecule has 1 aromatic carbocycles. The Bertz CT molecular complexity index is 738. The minimum absolute atomic E-state index is 0.181. The van der Waals surface area contributed by atoms with Crippen molar-refractivity contribution in [2.45, 2.75) is 103 Å². The third kappa shape index (κ3) is 10.3. The maximum absolute atomic E-state index is 12.1. The fraction of sp³-hybridized carbons (Fsp3) is 0.667. The van der Waals surface area contributed by atoms with Gasteiger partial charge in [0.1, 0.15) is 5.75 Å². The number of ether oxygens (including phenoxy) is 1. The Balaban J connectivity index is 1.44. The highest BCUT2D eigenvalue weighted by atomic mass is 16.5. The number of hydrogen-bond donors (Lipinski definition) is 2. The van der Waals surface area contributed by atoms with Crippen LogP contribution in [0.1, 0.15) is 102 Å². The van der Waals surface area contributed by atoms with Crippen LogP contribution >= 0.6 is 0 Å². The van der Waals surface area contributed by atoms with Gasteiger partial charge in [-0.1, -0.05) is 84.0 Å². The molecule has 0 fully saturated rings. The second-order valence-corrected chi connectivity index (χ2v) is 8.82. The van der Waals surface area contributed by atoms with Crippen LogP contribution in [0.2, 0.25) is 0 Å². The average molecular weight is 429 g/mol. The van der Waals surface area contributed by atoms with Crippen molar-refractivity contribution < 1.29 is 9.53 Å². The normalized spacial score (nSPS) is 11.2. The molecule has 1 heterocycles. The SMILES string of the molecule is CCCCCCCCCCCCCCCC(=O)NCCc1c[nH]c2ccc(OC)cc12. The van der Waals surface area contributed by atoms with Crippen molar-refractivity contribution in [3.63, 3.8) is 0 Å². The fourth-order valence-electron chi connectivity index (χ4n) is 4.22. The minimum atomic E-state index is 0.181. The molecule has 0 spiro atoms. The van der Waals surface area contributed by atoms with Crippen LogP contribution in [0.5, 0.6) is 5.75 Å². The Morgan fingerprint density at radius 2 is 1.52 bits per heavy atom. The van der Waals surface area contributed by atoms with E-state index in [9.17, 15) is 4.79 Å². The first-order chi connectivity index (χ1) is 15.2. The van der Waals surface area contributed by atoms with E-state index in [1.54, 1.807) is 7.11 Å². The quantitative estimate of drug-likeness (QED) is 0.244. The third-order valence-corrected chi connectivity index (χ3v) is 6.20. The number of aromatic amines is 1. The topological polar surface area (TPSA) is 54.1 Å². The Hall–Kier alpha value is -1.97. The molecule has 174 valence electrons. The molecule has 2 N–H and O–H groups in total. The lowest BCUT2D eigenvalue weighted by molar-refractivity contribution is -0.121. The summed E-state index contributed by atoms with van der Waals surface area (Å²) in [6, 6.07) is 6.04. The number of unbranched alkanes of at least 4 members (excludes halogenated alkanes) is 12. The molecule has 4 nitrogen and oxygen atoms in total. The van der Waals surface area contributed by atoms with E-state index < -0.39 is 0 Å². The summed E-state index contributed by atoms with van der Waals surface area (Å²) in [6.45, 7) is 2.96. The molecule has 0 bridgehead atoms. The molecule has 2 rings (SSSR count). The van der Waals surface area contributed by atoms with Crippen LogP contribution in [-0.2, 0) is 11.2 Å². The van der Waals surface area contributed by atoms with Gasteiger partial charge in [0.2, 0.25) is 5.91 Å². The average Bonchev–Trinajstić information content (AvgIpc) is 3.19. The number of carbonyl (C=O) groups excluding carboxylic acids is 1.